The van der Waals surface area contributed by atoms with Gasteiger partial charge in [-0.3, -0.25) is 0 Å². The number of esters is 1. The normalized spacial score (nSPS) is 10.7. The number of benzene rings is 4. The number of aryl methyl sites for hydroxylation is 1. The molecule has 0 saturated carbocycles. The lowest BCUT2D eigenvalue weighted by Gasteiger charge is -2.10. The smallest absolute Gasteiger partial charge is 0.343 e. The van der Waals surface area contributed by atoms with E-state index in [2.05, 4.69) is 36.1 Å². The van der Waals surface area contributed by atoms with E-state index in [0.717, 1.165) is 16.9 Å². The molecule has 1 aromatic heterocycles. The fraction of sp³-hybridized carbons (Fsp3) is 0.0645. The number of anilines is 5. The first kappa shape index (κ1) is 26.8. The zero-order valence-electron chi connectivity index (χ0n) is 22.4. The van der Waals surface area contributed by atoms with Gasteiger partial charge in [0.25, 0.3) is 0 Å². The van der Waals surface area contributed by atoms with Crippen molar-refractivity contribution in [1.82, 2.24) is 15.0 Å². The standard InChI is InChI=1S/C31H27N7O3/c1-21-13-16-23(17-14-21)28(39)41-26-18-15-22(19-27(26)40-2)20-32-38-31-36-29(33-24-9-5-3-6-10-24)35-30(37-31)34-25-11-7-4-8-12-25/h3-20H,1-2H3,(H3,33,34,35,36,37,38)/b32-20+. The average molecular weight is 546 g/mol. The first-order valence-electron chi connectivity index (χ1n) is 12.7. The lowest BCUT2D eigenvalue weighted by atomic mass is 10.1. The summed E-state index contributed by atoms with van der Waals surface area (Å²) in [5.41, 5.74) is 6.72. The number of aromatic nitrogens is 3. The Morgan fingerprint density at radius 3 is 1.90 bits per heavy atom. The van der Waals surface area contributed by atoms with E-state index in [1.54, 1.807) is 36.5 Å². The van der Waals surface area contributed by atoms with Gasteiger partial charge in [-0.05, 0) is 67.1 Å². The molecule has 0 atom stereocenters. The minimum atomic E-state index is -0.471. The van der Waals surface area contributed by atoms with Crippen molar-refractivity contribution in [3.05, 3.63) is 120 Å². The van der Waals surface area contributed by atoms with Crippen LogP contribution in [0.15, 0.2) is 108 Å². The number of hydrogen-bond acceptors (Lipinski definition) is 10. The van der Waals surface area contributed by atoms with Crippen molar-refractivity contribution in [2.45, 2.75) is 6.92 Å². The molecule has 0 spiro atoms. The minimum Gasteiger partial charge on any atom is -0.493 e. The molecule has 41 heavy (non-hydrogen) atoms. The molecule has 4 aromatic carbocycles. The summed E-state index contributed by atoms with van der Waals surface area (Å²) in [6, 6.07) is 31.4. The monoisotopic (exact) mass is 545 g/mol. The SMILES string of the molecule is COc1cc(/C=N/Nc2nc(Nc3ccccc3)nc(Nc3ccccc3)n2)ccc1OC(=O)c1ccc(C)cc1. The number of methoxy groups -OCH3 is 1. The molecule has 0 saturated heterocycles. The summed E-state index contributed by atoms with van der Waals surface area (Å²) in [6.45, 7) is 1.95. The van der Waals surface area contributed by atoms with Gasteiger partial charge in [-0.15, -0.1) is 0 Å². The molecule has 0 radical (unpaired) electrons. The topological polar surface area (TPSA) is 123 Å². The number of hydrazone groups is 1. The van der Waals surface area contributed by atoms with Crippen LogP contribution >= 0.6 is 0 Å². The highest BCUT2D eigenvalue weighted by Crippen LogP contribution is 2.28. The van der Waals surface area contributed by atoms with Gasteiger partial charge in [-0.25, -0.2) is 10.2 Å². The number of para-hydroxylation sites is 2. The van der Waals surface area contributed by atoms with Crippen LogP contribution in [0, 0.1) is 6.92 Å². The van der Waals surface area contributed by atoms with E-state index < -0.39 is 5.97 Å². The molecule has 5 aromatic rings. The van der Waals surface area contributed by atoms with Crippen LogP contribution in [0.1, 0.15) is 21.5 Å². The molecule has 5 rings (SSSR count). The van der Waals surface area contributed by atoms with Crippen molar-refractivity contribution in [3.8, 4) is 11.5 Å². The van der Waals surface area contributed by atoms with Crippen molar-refractivity contribution in [1.29, 1.82) is 0 Å². The van der Waals surface area contributed by atoms with Gasteiger partial charge < -0.3 is 20.1 Å². The molecule has 10 nitrogen and oxygen atoms in total. The van der Waals surface area contributed by atoms with Crippen LogP contribution in [-0.4, -0.2) is 34.2 Å². The molecule has 204 valence electrons. The maximum atomic E-state index is 12.5. The third kappa shape index (κ3) is 7.42. The fourth-order valence-electron chi connectivity index (χ4n) is 3.70. The lowest BCUT2D eigenvalue weighted by molar-refractivity contribution is 0.0729. The van der Waals surface area contributed by atoms with Crippen molar-refractivity contribution < 1.29 is 14.3 Å². The third-order valence-electron chi connectivity index (χ3n) is 5.75. The Morgan fingerprint density at radius 2 is 1.32 bits per heavy atom. The molecule has 0 aliphatic carbocycles. The first-order chi connectivity index (χ1) is 20.1. The Bertz CT molecular complexity index is 1580. The summed E-state index contributed by atoms with van der Waals surface area (Å²) in [7, 11) is 1.51. The zero-order chi connectivity index (χ0) is 28.4. The Labute approximate surface area is 237 Å². The van der Waals surface area contributed by atoms with E-state index in [1.807, 2.05) is 79.7 Å². The first-order valence-corrected chi connectivity index (χ1v) is 12.7. The fourth-order valence-corrected chi connectivity index (χ4v) is 3.70. The van der Waals surface area contributed by atoms with E-state index in [9.17, 15) is 4.79 Å². The molecule has 3 N–H and O–H groups in total. The van der Waals surface area contributed by atoms with E-state index in [0.29, 0.717) is 34.5 Å². The molecule has 0 fully saturated rings. The van der Waals surface area contributed by atoms with Gasteiger partial charge >= 0.3 is 5.97 Å². The molecule has 0 aliphatic rings. The summed E-state index contributed by atoms with van der Waals surface area (Å²) < 4.78 is 11.0. The van der Waals surface area contributed by atoms with E-state index in [1.165, 1.54) is 7.11 Å². The van der Waals surface area contributed by atoms with Crippen molar-refractivity contribution in [2.24, 2.45) is 5.10 Å². The number of nitrogens with one attached hydrogen (secondary N) is 3. The van der Waals surface area contributed by atoms with Crippen molar-refractivity contribution >= 4 is 41.4 Å². The van der Waals surface area contributed by atoms with Crippen LogP contribution in [0.25, 0.3) is 0 Å². The highest BCUT2D eigenvalue weighted by Gasteiger charge is 2.13. The quantitative estimate of drug-likeness (QED) is 0.0798. The summed E-state index contributed by atoms with van der Waals surface area (Å²) in [4.78, 5) is 25.9. The highest BCUT2D eigenvalue weighted by molar-refractivity contribution is 5.91. The Balaban J connectivity index is 1.31. The molecule has 0 unspecified atom stereocenters. The van der Waals surface area contributed by atoms with Crippen molar-refractivity contribution in [3.63, 3.8) is 0 Å². The molecule has 0 amide bonds. The summed E-state index contributed by atoms with van der Waals surface area (Å²) in [6.07, 6.45) is 1.58. The largest absolute Gasteiger partial charge is 0.493 e. The van der Waals surface area contributed by atoms with Gasteiger partial charge in [0, 0.05) is 11.4 Å². The summed E-state index contributed by atoms with van der Waals surface area (Å²) >= 11 is 0. The summed E-state index contributed by atoms with van der Waals surface area (Å²) in [5.74, 6) is 1.12. The second kappa shape index (κ2) is 12.9. The number of carbonyl (C=O) groups is 1. The number of nitrogens with zero attached hydrogens (tertiary/aromatic N) is 4. The van der Waals surface area contributed by atoms with Gasteiger partial charge in [-0.2, -0.15) is 20.1 Å². The predicted octanol–water partition coefficient (Wildman–Crippen LogP) is 6.34. The molecule has 1 heterocycles. The van der Waals surface area contributed by atoms with Gasteiger partial charge in [-0.1, -0.05) is 54.1 Å². The third-order valence-corrected chi connectivity index (χ3v) is 5.75. The van der Waals surface area contributed by atoms with Gasteiger partial charge in [0.15, 0.2) is 11.5 Å². The molecular weight excluding hydrogens is 518 g/mol. The van der Waals surface area contributed by atoms with Crippen LogP contribution in [-0.2, 0) is 0 Å². The van der Waals surface area contributed by atoms with Crippen LogP contribution < -0.4 is 25.5 Å². The minimum absolute atomic E-state index is 0.226. The predicted molar refractivity (Wildman–Crippen MR) is 160 cm³/mol. The maximum absolute atomic E-state index is 12.5. The molecule has 10 heteroatoms. The Kier molecular flexibility index (Phi) is 8.41. The number of hydrogen-bond donors (Lipinski definition) is 3. The average Bonchev–Trinajstić information content (AvgIpc) is 2.99. The highest BCUT2D eigenvalue weighted by atomic mass is 16.6. The van der Waals surface area contributed by atoms with Crippen LogP contribution in [0.4, 0.5) is 29.2 Å². The van der Waals surface area contributed by atoms with Crippen LogP contribution in [0.2, 0.25) is 0 Å². The second-order valence-corrected chi connectivity index (χ2v) is 8.82. The Hall–Kier alpha value is -5.77. The Morgan fingerprint density at radius 1 is 0.732 bits per heavy atom. The molecule has 0 aliphatic heterocycles. The molecular formula is C31H27N7O3. The summed E-state index contributed by atoms with van der Waals surface area (Å²) in [5, 5.41) is 10.6. The lowest BCUT2D eigenvalue weighted by Crippen LogP contribution is -2.09. The van der Waals surface area contributed by atoms with E-state index in [4.69, 9.17) is 9.47 Å². The maximum Gasteiger partial charge on any atom is 0.343 e. The van der Waals surface area contributed by atoms with Crippen LogP contribution in [0.3, 0.4) is 0 Å². The van der Waals surface area contributed by atoms with Gasteiger partial charge in [0.05, 0.1) is 18.9 Å². The number of ether oxygens (including phenoxy) is 2. The van der Waals surface area contributed by atoms with Gasteiger partial charge in [0.1, 0.15) is 0 Å². The van der Waals surface area contributed by atoms with E-state index in [-0.39, 0.29) is 5.95 Å². The van der Waals surface area contributed by atoms with Gasteiger partial charge in [0.2, 0.25) is 17.8 Å². The second-order valence-electron chi connectivity index (χ2n) is 8.82. The van der Waals surface area contributed by atoms with Crippen LogP contribution in [0.5, 0.6) is 11.5 Å². The van der Waals surface area contributed by atoms with Crippen molar-refractivity contribution in [2.75, 3.05) is 23.2 Å². The number of rotatable bonds is 10. The number of carbonyl (C=O) groups excluding carboxylic acids is 1. The zero-order valence-corrected chi connectivity index (χ0v) is 22.4. The molecule has 0 bridgehead atoms. The van der Waals surface area contributed by atoms with E-state index >= 15 is 0 Å².